The molecule has 0 saturated carbocycles. The molecule has 0 spiro atoms. The fourth-order valence-corrected chi connectivity index (χ4v) is 1.64. The second-order valence-electron chi connectivity index (χ2n) is 3.72. The van der Waals surface area contributed by atoms with Gasteiger partial charge in [0.25, 0.3) is 5.91 Å². The largest absolute Gasteiger partial charge is 0.459 e. The zero-order valence-electron chi connectivity index (χ0n) is 9.31. The van der Waals surface area contributed by atoms with Crippen LogP contribution in [0.1, 0.15) is 29.1 Å². The van der Waals surface area contributed by atoms with Crippen molar-refractivity contribution < 1.29 is 9.21 Å². The van der Waals surface area contributed by atoms with Gasteiger partial charge in [-0.25, -0.2) is 0 Å². The lowest BCUT2D eigenvalue weighted by molar-refractivity contribution is 0.0912. The molecule has 88 valence electrons. The number of nitrogens with one attached hydrogen (secondary N) is 1. The quantitative estimate of drug-likeness (QED) is 0.906. The Labute approximate surface area is 104 Å². The van der Waals surface area contributed by atoms with Gasteiger partial charge >= 0.3 is 0 Å². The molecule has 3 nitrogen and oxygen atoms in total. The van der Waals surface area contributed by atoms with E-state index in [1.807, 2.05) is 19.1 Å². The number of furan rings is 1. The number of carbonyl (C=O) groups is 1. The summed E-state index contributed by atoms with van der Waals surface area (Å²) in [4.78, 5) is 11.7. The van der Waals surface area contributed by atoms with Gasteiger partial charge in [0.1, 0.15) is 0 Å². The molecule has 4 heteroatoms. The molecule has 1 amide bonds. The fraction of sp³-hybridized carbons (Fsp3) is 0.154. The van der Waals surface area contributed by atoms with E-state index >= 15 is 0 Å². The van der Waals surface area contributed by atoms with Crippen LogP contribution in [-0.4, -0.2) is 5.91 Å². The van der Waals surface area contributed by atoms with E-state index in [4.69, 9.17) is 16.0 Å². The van der Waals surface area contributed by atoms with Crippen LogP contribution < -0.4 is 5.32 Å². The lowest BCUT2D eigenvalue weighted by Crippen LogP contribution is -2.26. The van der Waals surface area contributed by atoms with Crippen molar-refractivity contribution in [1.29, 1.82) is 0 Å². The summed E-state index contributed by atoms with van der Waals surface area (Å²) in [6.45, 7) is 1.91. The van der Waals surface area contributed by atoms with Crippen LogP contribution in [0.2, 0.25) is 5.02 Å². The number of benzene rings is 1. The molecular formula is C13H12ClNO2. The van der Waals surface area contributed by atoms with Crippen LogP contribution >= 0.6 is 11.6 Å². The van der Waals surface area contributed by atoms with Crippen LogP contribution in [0.4, 0.5) is 0 Å². The molecule has 0 aliphatic rings. The van der Waals surface area contributed by atoms with Gasteiger partial charge in [0.05, 0.1) is 12.3 Å². The van der Waals surface area contributed by atoms with Gasteiger partial charge < -0.3 is 9.73 Å². The Bertz CT molecular complexity index is 491. The Kier molecular flexibility index (Phi) is 3.49. The minimum absolute atomic E-state index is 0.0927. The summed E-state index contributed by atoms with van der Waals surface area (Å²) in [5, 5.41) is 3.52. The minimum Gasteiger partial charge on any atom is -0.459 e. The van der Waals surface area contributed by atoms with Crippen molar-refractivity contribution in [2.24, 2.45) is 0 Å². The first-order valence-electron chi connectivity index (χ1n) is 5.26. The smallest absolute Gasteiger partial charge is 0.287 e. The summed E-state index contributed by atoms with van der Waals surface area (Å²) in [5.41, 5.74) is 0.995. The van der Waals surface area contributed by atoms with Gasteiger partial charge in [-0.3, -0.25) is 4.79 Å². The third-order valence-corrected chi connectivity index (χ3v) is 2.71. The predicted molar refractivity (Wildman–Crippen MR) is 66.0 cm³/mol. The van der Waals surface area contributed by atoms with Gasteiger partial charge in [-0.1, -0.05) is 23.7 Å². The van der Waals surface area contributed by atoms with Crippen LogP contribution in [0, 0.1) is 0 Å². The van der Waals surface area contributed by atoms with Crippen molar-refractivity contribution in [3.63, 3.8) is 0 Å². The summed E-state index contributed by atoms with van der Waals surface area (Å²) in [6.07, 6.45) is 1.47. The minimum atomic E-state index is -0.225. The second-order valence-corrected chi connectivity index (χ2v) is 4.16. The highest BCUT2D eigenvalue weighted by molar-refractivity contribution is 6.30. The molecule has 2 aromatic rings. The maximum atomic E-state index is 11.7. The molecule has 0 fully saturated rings. The summed E-state index contributed by atoms with van der Waals surface area (Å²) < 4.78 is 5.02. The molecule has 0 bridgehead atoms. The molecule has 17 heavy (non-hydrogen) atoms. The predicted octanol–water partition coefficient (Wildman–Crippen LogP) is 3.42. The van der Waals surface area contributed by atoms with Crippen molar-refractivity contribution in [2.45, 2.75) is 13.0 Å². The average molecular weight is 250 g/mol. The van der Waals surface area contributed by atoms with Crippen molar-refractivity contribution in [2.75, 3.05) is 0 Å². The van der Waals surface area contributed by atoms with E-state index in [0.29, 0.717) is 10.8 Å². The number of halogens is 1. The van der Waals surface area contributed by atoms with E-state index in [1.165, 1.54) is 6.26 Å². The van der Waals surface area contributed by atoms with Gasteiger partial charge in [0, 0.05) is 5.02 Å². The van der Waals surface area contributed by atoms with Crippen LogP contribution in [0.5, 0.6) is 0 Å². The number of hydrogen-bond donors (Lipinski definition) is 1. The van der Waals surface area contributed by atoms with Gasteiger partial charge in [-0.15, -0.1) is 0 Å². The molecular weight excluding hydrogens is 238 g/mol. The Morgan fingerprint density at radius 2 is 2.00 bits per heavy atom. The van der Waals surface area contributed by atoms with Crippen molar-refractivity contribution in [3.05, 3.63) is 59.0 Å². The molecule has 0 aliphatic heterocycles. The van der Waals surface area contributed by atoms with Crippen LogP contribution in [0.3, 0.4) is 0 Å². The first kappa shape index (κ1) is 11.7. The second kappa shape index (κ2) is 5.06. The Morgan fingerprint density at radius 3 is 2.59 bits per heavy atom. The molecule has 1 N–H and O–H groups in total. The maximum absolute atomic E-state index is 11.7. The molecule has 1 aromatic heterocycles. The SMILES string of the molecule is C[C@H](NC(=O)c1ccco1)c1ccc(Cl)cc1. The van der Waals surface area contributed by atoms with E-state index in [2.05, 4.69) is 5.32 Å². The number of rotatable bonds is 3. The Morgan fingerprint density at radius 1 is 1.29 bits per heavy atom. The summed E-state index contributed by atoms with van der Waals surface area (Å²) in [5.74, 6) is 0.0864. The highest BCUT2D eigenvalue weighted by atomic mass is 35.5. The highest BCUT2D eigenvalue weighted by Gasteiger charge is 2.12. The van der Waals surface area contributed by atoms with E-state index in [9.17, 15) is 4.79 Å². The van der Waals surface area contributed by atoms with E-state index in [1.54, 1.807) is 24.3 Å². The van der Waals surface area contributed by atoms with E-state index < -0.39 is 0 Å². The summed E-state index contributed by atoms with van der Waals surface area (Å²) in [7, 11) is 0. The van der Waals surface area contributed by atoms with Crippen molar-refractivity contribution in [1.82, 2.24) is 5.32 Å². The standard InChI is InChI=1S/C13H12ClNO2/c1-9(10-4-6-11(14)7-5-10)15-13(16)12-3-2-8-17-12/h2-9H,1H3,(H,15,16)/t9-/m0/s1. The molecule has 1 atom stereocenters. The van der Waals surface area contributed by atoms with Crippen molar-refractivity contribution >= 4 is 17.5 Å². The van der Waals surface area contributed by atoms with E-state index in [-0.39, 0.29) is 11.9 Å². The molecule has 0 unspecified atom stereocenters. The van der Waals surface area contributed by atoms with Crippen molar-refractivity contribution in [3.8, 4) is 0 Å². The normalized spacial score (nSPS) is 12.1. The first-order chi connectivity index (χ1) is 8.16. The molecule has 1 heterocycles. The van der Waals surface area contributed by atoms with Gasteiger partial charge in [-0.05, 0) is 36.8 Å². The lowest BCUT2D eigenvalue weighted by atomic mass is 10.1. The number of hydrogen-bond acceptors (Lipinski definition) is 2. The van der Waals surface area contributed by atoms with Gasteiger partial charge in [0.2, 0.25) is 0 Å². The zero-order valence-corrected chi connectivity index (χ0v) is 10.1. The lowest BCUT2D eigenvalue weighted by Gasteiger charge is -2.13. The van der Waals surface area contributed by atoms with Gasteiger partial charge in [0.15, 0.2) is 5.76 Å². The molecule has 0 saturated heterocycles. The Hall–Kier alpha value is -1.74. The zero-order chi connectivity index (χ0) is 12.3. The third kappa shape index (κ3) is 2.88. The number of amides is 1. The van der Waals surface area contributed by atoms with Crippen LogP contribution in [0.25, 0.3) is 0 Å². The van der Waals surface area contributed by atoms with E-state index in [0.717, 1.165) is 5.56 Å². The maximum Gasteiger partial charge on any atom is 0.287 e. The third-order valence-electron chi connectivity index (χ3n) is 2.46. The molecule has 0 aliphatic carbocycles. The molecule has 0 radical (unpaired) electrons. The molecule has 1 aromatic carbocycles. The highest BCUT2D eigenvalue weighted by Crippen LogP contribution is 2.16. The average Bonchev–Trinajstić information content (AvgIpc) is 2.83. The Balaban J connectivity index is 2.04. The van der Waals surface area contributed by atoms with Gasteiger partial charge in [-0.2, -0.15) is 0 Å². The topological polar surface area (TPSA) is 42.2 Å². The monoisotopic (exact) mass is 249 g/mol. The van der Waals surface area contributed by atoms with Crippen LogP contribution in [-0.2, 0) is 0 Å². The fourth-order valence-electron chi connectivity index (χ4n) is 1.51. The molecule has 2 rings (SSSR count). The number of carbonyl (C=O) groups excluding carboxylic acids is 1. The first-order valence-corrected chi connectivity index (χ1v) is 5.64. The summed E-state index contributed by atoms with van der Waals surface area (Å²) in [6, 6.07) is 10.6. The van der Waals surface area contributed by atoms with Crippen LogP contribution in [0.15, 0.2) is 47.1 Å². The summed E-state index contributed by atoms with van der Waals surface area (Å²) >= 11 is 5.80.